The van der Waals surface area contributed by atoms with Crippen molar-refractivity contribution in [3.63, 3.8) is 0 Å². The van der Waals surface area contributed by atoms with E-state index in [0.717, 1.165) is 4.90 Å². The zero-order valence-corrected chi connectivity index (χ0v) is 11.3. The van der Waals surface area contributed by atoms with E-state index in [1.165, 1.54) is 11.8 Å². The summed E-state index contributed by atoms with van der Waals surface area (Å²) in [5.74, 6) is 0. The van der Waals surface area contributed by atoms with E-state index >= 15 is 0 Å². The topological polar surface area (TPSA) is 119 Å². The Hall–Kier alpha value is -1.28. The van der Waals surface area contributed by atoms with Gasteiger partial charge in [0.25, 0.3) is 0 Å². The van der Waals surface area contributed by atoms with Crippen LogP contribution in [0.4, 0.5) is 0 Å². The Kier molecular flexibility index (Phi) is 5.24. The fourth-order valence-electron chi connectivity index (χ4n) is 1.99. The number of thioether (sulfide) groups is 1. The van der Waals surface area contributed by atoms with Gasteiger partial charge < -0.3 is 20.1 Å². The number of azide groups is 1. The summed E-state index contributed by atoms with van der Waals surface area (Å²) in [5, 5.41) is 32.7. The van der Waals surface area contributed by atoms with Crippen molar-refractivity contribution in [2.24, 2.45) is 5.11 Å². The second-order valence-corrected chi connectivity index (χ2v) is 5.50. The number of nitrogens with zero attached hydrogens (tertiary/aromatic N) is 3. The quantitative estimate of drug-likeness (QED) is 0.433. The lowest BCUT2D eigenvalue weighted by molar-refractivity contribution is -0.159. The van der Waals surface area contributed by atoms with Crippen LogP contribution in [0.5, 0.6) is 0 Å². The van der Waals surface area contributed by atoms with Crippen molar-refractivity contribution in [2.75, 3.05) is 6.61 Å². The van der Waals surface area contributed by atoms with Crippen LogP contribution in [0.1, 0.15) is 0 Å². The van der Waals surface area contributed by atoms with Crippen LogP contribution in [-0.2, 0) is 4.74 Å². The van der Waals surface area contributed by atoms with Crippen LogP contribution >= 0.6 is 11.8 Å². The molecule has 108 valence electrons. The van der Waals surface area contributed by atoms with Crippen LogP contribution in [-0.4, -0.2) is 51.7 Å². The number of benzene rings is 1. The number of hydrogen-bond acceptors (Lipinski definition) is 6. The molecule has 0 amide bonds. The molecule has 5 atom stereocenters. The Morgan fingerprint density at radius 1 is 1.25 bits per heavy atom. The lowest BCUT2D eigenvalue weighted by atomic mass is 9.98. The first kappa shape index (κ1) is 15.1. The number of ether oxygens (including phenoxy) is 1. The summed E-state index contributed by atoms with van der Waals surface area (Å²) >= 11 is 1.25. The van der Waals surface area contributed by atoms with E-state index in [0.29, 0.717) is 0 Å². The van der Waals surface area contributed by atoms with Gasteiger partial charge in [-0.3, -0.25) is 0 Å². The first-order valence-corrected chi connectivity index (χ1v) is 6.93. The number of hydrogen-bond donors (Lipinski definition) is 3. The summed E-state index contributed by atoms with van der Waals surface area (Å²) in [4.78, 5) is 3.49. The van der Waals surface area contributed by atoms with E-state index in [-0.39, 0.29) is 0 Å². The van der Waals surface area contributed by atoms with Gasteiger partial charge in [0.1, 0.15) is 17.6 Å². The van der Waals surface area contributed by atoms with Gasteiger partial charge in [0, 0.05) is 9.81 Å². The molecule has 1 saturated heterocycles. The van der Waals surface area contributed by atoms with Crippen molar-refractivity contribution >= 4 is 11.8 Å². The maximum absolute atomic E-state index is 10.2. The van der Waals surface area contributed by atoms with Gasteiger partial charge in [-0.25, -0.2) is 0 Å². The summed E-state index contributed by atoms with van der Waals surface area (Å²) in [6.07, 6.45) is -3.29. The Morgan fingerprint density at radius 3 is 2.55 bits per heavy atom. The number of aliphatic hydroxyl groups excluding tert-OH is 3. The molecule has 1 fully saturated rings. The van der Waals surface area contributed by atoms with Gasteiger partial charge in [0.2, 0.25) is 0 Å². The Bertz CT molecular complexity index is 483. The Balaban J connectivity index is 2.17. The van der Waals surface area contributed by atoms with Gasteiger partial charge in [-0.1, -0.05) is 35.1 Å². The SMILES string of the molecule is [N-]=[N+]=N[C@H]1[C@@H](O)[C@H](Sc2ccccc2)O[C@H](CO)[C@H]1O. The highest BCUT2D eigenvalue weighted by atomic mass is 32.2. The van der Waals surface area contributed by atoms with Crippen LogP contribution in [0.2, 0.25) is 0 Å². The maximum Gasteiger partial charge on any atom is 0.134 e. The standard InChI is InChI=1S/C12H15N3O4S/c13-15-14-9-10(17)8(6-16)19-12(11(9)18)20-7-4-2-1-3-5-7/h1-5,8-12,16-18H,6H2/t8-,9-,10-,11-,12+/m1/s1. The molecule has 0 aliphatic carbocycles. The van der Waals surface area contributed by atoms with Crippen LogP contribution < -0.4 is 0 Å². The molecule has 0 spiro atoms. The molecule has 1 aliphatic rings. The van der Waals surface area contributed by atoms with Gasteiger partial charge in [-0.2, -0.15) is 0 Å². The molecular formula is C12H15N3O4S. The average Bonchev–Trinajstić information content (AvgIpc) is 2.47. The summed E-state index contributed by atoms with van der Waals surface area (Å²) < 4.78 is 5.47. The van der Waals surface area contributed by atoms with Crippen molar-refractivity contribution in [3.8, 4) is 0 Å². The fourth-order valence-corrected chi connectivity index (χ4v) is 3.08. The minimum Gasteiger partial charge on any atom is -0.394 e. The number of aliphatic hydroxyl groups is 3. The summed E-state index contributed by atoms with van der Waals surface area (Å²) in [6.45, 7) is -0.419. The van der Waals surface area contributed by atoms with E-state index in [9.17, 15) is 15.3 Å². The second-order valence-electron chi connectivity index (χ2n) is 4.33. The molecule has 1 aromatic carbocycles. The van der Waals surface area contributed by atoms with Crippen molar-refractivity contribution in [1.29, 1.82) is 0 Å². The minimum atomic E-state index is -1.24. The van der Waals surface area contributed by atoms with Crippen LogP contribution in [0.15, 0.2) is 40.3 Å². The fraction of sp³-hybridized carbons (Fsp3) is 0.500. The maximum atomic E-state index is 10.2. The van der Waals surface area contributed by atoms with Gasteiger partial charge in [-0.05, 0) is 17.7 Å². The summed E-state index contributed by atoms with van der Waals surface area (Å²) in [6, 6.07) is 8.21. The third-order valence-electron chi connectivity index (χ3n) is 3.03. The molecule has 1 heterocycles. The second kappa shape index (κ2) is 6.94. The van der Waals surface area contributed by atoms with Crippen LogP contribution in [0, 0.1) is 0 Å². The minimum absolute atomic E-state index is 0.419. The molecule has 7 nitrogen and oxygen atoms in total. The van der Waals surface area contributed by atoms with Crippen molar-refractivity contribution in [3.05, 3.63) is 40.8 Å². The summed E-state index contributed by atoms with van der Waals surface area (Å²) in [7, 11) is 0. The van der Waals surface area contributed by atoms with Gasteiger partial charge in [-0.15, -0.1) is 0 Å². The predicted octanol–water partition coefficient (Wildman–Crippen LogP) is 0.897. The highest BCUT2D eigenvalue weighted by Gasteiger charge is 2.44. The predicted molar refractivity (Wildman–Crippen MR) is 73.0 cm³/mol. The molecular weight excluding hydrogens is 282 g/mol. The first-order valence-electron chi connectivity index (χ1n) is 6.05. The molecule has 0 bridgehead atoms. The molecule has 0 saturated carbocycles. The van der Waals surface area contributed by atoms with E-state index in [4.69, 9.17) is 10.3 Å². The lowest BCUT2D eigenvalue weighted by Gasteiger charge is -2.40. The average molecular weight is 297 g/mol. The smallest absolute Gasteiger partial charge is 0.134 e. The van der Waals surface area contributed by atoms with Crippen molar-refractivity contribution in [1.82, 2.24) is 0 Å². The van der Waals surface area contributed by atoms with Gasteiger partial charge in [0.15, 0.2) is 0 Å². The molecule has 8 heteroatoms. The lowest BCUT2D eigenvalue weighted by Crippen LogP contribution is -2.56. The molecule has 0 radical (unpaired) electrons. The largest absolute Gasteiger partial charge is 0.394 e. The van der Waals surface area contributed by atoms with E-state index in [1.54, 1.807) is 0 Å². The Morgan fingerprint density at radius 2 is 1.95 bits per heavy atom. The van der Waals surface area contributed by atoms with E-state index in [1.807, 2.05) is 30.3 Å². The van der Waals surface area contributed by atoms with Crippen LogP contribution in [0.3, 0.4) is 0 Å². The van der Waals surface area contributed by atoms with Crippen molar-refractivity contribution < 1.29 is 20.1 Å². The zero-order valence-electron chi connectivity index (χ0n) is 10.5. The third kappa shape index (κ3) is 3.24. The molecule has 3 N–H and O–H groups in total. The first-order chi connectivity index (χ1) is 9.67. The number of rotatable bonds is 4. The summed E-state index contributed by atoms with van der Waals surface area (Å²) in [5.41, 5.74) is 7.79. The van der Waals surface area contributed by atoms with E-state index in [2.05, 4.69) is 10.0 Å². The molecule has 2 rings (SSSR count). The molecule has 1 aliphatic heterocycles. The van der Waals surface area contributed by atoms with Gasteiger partial charge >= 0.3 is 0 Å². The molecule has 0 aromatic heterocycles. The molecule has 20 heavy (non-hydrogen) atoms. The Labute approximate surface area is 119 Å². The van der Waals surface area contributed by atoms with E-state index < -0.39 is 36.4 Å². The van der Waals surface area contributed by atoms with Gasteiger partial charge in [0.05, 0.1) is 18.8 Å². The molecule has 1 aromatic rings. The van der Waals surface area contributed by atoms with Crippen molar-refractivity contribution in [2.45, 2.75) is 34.7 Å². The zero-order chi connectivity index (χ0) is 14.5. The van der Waals surface area contributed by atoms with Crippen LogP contribution in [0.25, 0.3) is 10.4 Å². The monoisotopic (exact) mass is 297 g/mol. The highest BCUT2D eigenvalue weighted by molar-refractivity contribution is 7.99. The third-order valence-corrected chi connectivity index (χ3v) is 4.20. The highest BCUT2D eigenvalue weighted by Crippen LogP contribution is 2.34. The normalized spacial score (nSPS) is 33.5. The molecule has 0 unspecified atom stereocenters.